The van der Waals surface area contributed by atoms with Crippen molar-refractivity contribution < 1.29 is 19.4 Å². The highest BCUT2D eigenvalue weighted by molar-refractivity contribution is 5.94. The second-order valence-corrected chi connectivity index (χ2v) is 7.24. The zero-order valence-electron chi connectivity index (χ0n) is 15.6. The molecule has 2 aromatic rings. The first-order chi connectivity index (χ1) is 13.6. The molecule has 1 aromatic heterocycles. The van der Waals surface area contributed by atoms with Gasteiger partial charge in [-0.3, -0.25) is 14.7 Å². The van der Waals surface area contributed by atoms with Gasteiger partial charge in [-0.2, -0.15) is 5.10 Å². The van der Waals surface area contributed by atoms with E-state index in [0.717, 1.165) is 18.4 Å². The number of carbonyl (C=O) groups is 2. The summed E-state index contributed by atoms with van der Waals surface area (Å²) in [6, 6.07) is 8.37. The van der Waals surface area contributed by atoms with Crippen molar-refractivity contribution in [2.24, 2.45) is 5.92 Å². The van der Waals surface area contributed by atoms with Gasteiger partial charge in [-0.25, -0.2) is 0 Å². The Kier molecular flexibility index (Phi) is 5.29. The average molecular weight is 384 g/mol. The Labute approximate surface area is 163 Å². The van der Waals surface area contributed by atoms with Crippen molar-refractivity contribution in [1.82, 2.24) is 20.0 Å². The van der Waals surface area contributed by atoms with Gasteiger partial charge in [0.25, 0.3) is 5.91 Å². The molecule has 2 N–H and O–H groups in total. The maximum atomic E-state index is 12.9. The van der Waals surface area contributed by atoms with Crippen LogP contribution in [-0.2, 0) is 9.53 Å². The number of ether oxygens (including phenoxy) is 1. The van der Waals surface area contributed by atoms with Gasteiger partial charge in [0.05, 0.1) is 24.8 Å². The van der Waals surface area contributed by atoms with Gasteiger partial charge in [0.1, 0.15) is 11.4 Å². The number of piperidine rings is 1. The van der Waals surface area contributed by atoms with Crippen molar-refractivity contribution in [3.05, 3.63) is 36.0 Å². The maximum absolute atomic E-state index is 12.9. The first-order valence-electron chi connectivity index (χ1n) is 9.62. The predicted molar refractivity (Wildman–Crippen MR) is 102 cm³/mol. The fourth-order valence-electron chi connectivity index (χ4n) is 3.79. The number of rotatable bonds is 3. The summed E-state index contributed by atoms with van der Waals surface area (Å²) in [6.07, 6.45) is 1.62. The molecular formula is C20H24N4O4. The summed E-state index contributed by atoms with van der Waals surface area (Å²) in [7, 11) is 0. The number of H-pyrrole nitrogens is 1. The van der Waals surface area contributed by atoms with E-state index in [1.54, 1.807) is 35.2 Å². The summed E-state index contributed by atoms with van der Waals surface area (Å²) in [5.41, 5.74) is 1.86. The molecule has 2 amide bonds. The van der Waals surface area contributed by atoms with Gasteiger partial charge in [-0.15, -0.1) is 0 Å². The quantitative estimate of drug-likeness (QED) is 0.835. The van der Waals surface area contributed by atoms with E-state index in [1.165, 1.54) is 0 Å². The number of carbonyl (C=O) groups excluding carboxylic acids is 2. The molecule has 0 aliphatic carbocycles. The van der Waals surface area contributed by atoms with Gasteiger partial charge in [0.15, 0.2) is 0 Å². The highest BCUT2D eigenvalue weighted by atomic mass is 16.5. The molecule has 0 saturated carbocycles. The third-order valence-corrected chi connectivity index (χ3v) is 5.35. The van der Waals surface area contributed by atoms with Crippen LogP contribution >= 0.6 is 0 Å². The van der Waals surface area contributed by atoms with Crippen LogP contribution in [0.5, 0.6) is 5.75 Å². The highest BCUT2D eigenvalue weighted by Crippen LogP contribution is 2.24. The van der Waals surface area contributed by atoms with Crippen LogP contribution in [0, 0.1) is 5.92 Å². The third-order valence-electron chi connectivity index (χ3n) is 5.35. The molecule has 8 nitrogen and oxygen atoms in total. The molecule has 0 bridgehead atoms. The minimum Gasteiger partial charge on any atom is -0.508 e. The Morgan fingerprint density at radius 2 is 1.86 bits per heavy atom. The van der Waals surface area contributed by atoms with Gasteiger partial charge in [-0.1, -0.05) is 0 Å². The zero-order valence-corrected chi connectivity index (χ0v) is 15.6. The third kappa shape index (κ3) is 3.87. The normalized spacial score (nSPS) is 20.2. The molecule has 0 unspecified atom stereocenters. The molecule has 1 aromatic carbocycles. The van der Waals surface area contributed by atoms with E-state index < -0.39 is 0 Å². The van der Waals surface area contributed by atoms with E-state index in [9.17, 15) is 14.7 Å². The number of amides is 2. The molecule has 2 saturated heterocycles. The number of likely N-dealkylation sites (tertiary alicyclic amines) is 1. The number of phenolic OH excluding ortho intramolecular Hbond substituents is 1. The molecule has 148 valence electrons. The topological polar surface area (TPSA) is 98.8 Å². The van der Waals surface area contributed by atoms with Crippen molar-refractivity contribution >= 4 is 11.8 Å². The van der Waals surface area contributed by atoms with Crippen LogP contribution in [0.4, 0.5) is 0 Å². The molecule has 2 aliphatic heterocycles. The van der Waals surface area contributed by atoms with Gasteiger partial charge in [-0.05, 0) is 43.2 Å². The molecule has 1 atom stereocenters. The van der Waals surface area contributed by atoms with Crippen LogP contribution in [0.15, 0.2) is 30.3 Å². The standard InChI is InChI=1S/C20H24N4O4/c25-16-5-3-14(4-6-16)17-12-18(22-21-17)20(27)24-7-1-2-15(13-24)19(26)23-8-10-28-11-9-23/h3-6,12,15,25H,1-2,7-11,13H2,(H,21,22)/t15-/m0/s1. The maximum Gasteiger partial charge on any atom is 0.271 e. The summed E-state index contributed by atoms with van der Waals surface area (Å²) < 4.78 is 5.32. The number of phenols is 1. The molecule has 2 aliphatic rings. The number of morpholine rings is 1. The van der Waals surface area contributed by atoms with E-state index in [-0.39, 0.29) is 23.5 Å². The molecular weight excluding hydrogens is 360 g/mol. The average Bonchev–Trinajstić information content (AvgIpc) is 3.24. The van der Waals surface area contributed by atoms with Crippen LogP contribution in [0.25, 0.3) is 11.3 Å². The summed E-state index contributed by atoms with van der Waals surface area (Å²) in [5.74, 6) is 0.00219. The van der Waals surface area contributed by atoms with Gasteiger partial charge < -0.3 is 19.6 Å². The number of benzene rings is 1. The van der Waals surface area contributed by atoms with E-state index >= 15 is 0 Å². The van der Waals surface area contributed by atoms with E-state index in [2.05, 4.69) is 10.2 Å². The molecule has 2 fully saturated rings. The summed E-state index contributed by atoms with van der Waals surface area (Å²) in [4.78, 5) is 29.3. The van der Waals surface area contributed by atoms with E-state index in [4.69, 9.17) is 4.74 Å². The predicted octanol–water partition coefficient (Wildman–Crippen LogP) is 1.49. The van der Waals surface area contributed by atoms with Crippen LogP contribution in [-0.4, -0.2) is 76.3 Å². The lowest BCUT2D eigenvalue weighted by Crippen LogP contribution is -2.49. The zero-order chi connectivity index (χ0) is 19.5. The van der Waals surface area contributed by atoms with E-state index in [1.807, 2.05) is 4.90 Å². The highest BCUT2D eigenvalue weighted by Gasteiger charge is 2.32. The first-order valence-corrected chi connectivity index (χ1v) is 9.62. The lowest BCUT2D eigenvalue weighted by Gasteiger charge is -2.36. The molecule has 0 radical (unpaired) electrons. The van der Waals surface area contributed by atoms with Crippen LogP contribution in [0.2, 0.25) is 0 Å². The fraction of sp³-hybridized carbons (Fsp3) is 0.450. The smallest absolute Gasteiger partial charge is 0.271 e. The number of nitrogens with one attached hydrogen (secondary N) is 1. The van der Waals surface area contributed by atoms with Crippen molar-refractivity contribution in [3.63, 3.8) is 0 Å². The summed E-state index contributed by atoms with van der Waals surface area (Å²) in [5, 5.41) is 16.4. The van der Waals surface area contributed by atoms with Gasteiger partial charge >= 0.3 is 0 Å². The van der Waals surface area contributed by atoms with Gasteiger partial charge in [0, 0.05) is 31.7 Å². The molecule has 4 rings (SSSR count). The van der Waals surface area contributed by atoms with Crippen molar-refractivity contribution in [2.45, 2.75) is 12.8 Å². The SMILES string of the molecule is O=C(c1cc(-c2ccc(O)cc2)n[nH]1)N1CCC[C@H](C(=O)N2CCOCC2)C1. The molecule has 3 heterocycles. The number of aromatic amines is 1. The Hall–Kier alpha value is -2.87. The number of hydrogen-bond acceptors (Lipinski definition) is 5. The molecule has 0 spiro atoms. The largest absolute Gasteiger partial charge is 0.508 e. The van der Waals surface area contributed by atoms with Crippen LogP contribution in [0.1, 0.15) is 23.3 Å². The van der Waals surface area contributed by atoms with Crippen LogP contribution < -0.4 is 0 Å². The Morgan fingerprint density at radius 3 is 2.61 bits per heavy atom. The number of nitrogens with zero attached hydrogens (tertiary/aromatic N) is 3. The summed E-state index contributed by atoms with van der Waals surface area (Å²) >= 11 is 0. The Bertz CT molecular complexity index is 842. The monoisotopic (exact) mass is 384 g/mol. The Balaban J connectivity index is 1.43. The van der Waals surface area contributed by atoms with Crippen LogP contribution in [0.3, 0.4) is 0 Å². The lowest BCUT2D eigenvalue weighted by molar-refractivity contribution is -0.141. The van der Waals surface area contributed by atoms with E-state index in [0.29, 0.717) is 50.8 Å². The molecule has 8 heteroatoms. The molecule has 28 heavy (non-hydrogen) atoms. The second kappa shape index (κ2) is 8.02. The summed E-state index contributed by atoms with van der Waals surface area (Å²) in [6.45, 7) is 3.48. The Morgan fingerprint density at radius 1 is 1.11 bits per heavy atom. The number of aromatic nitrogens is 2. The van der Waals surface area contributed by atoms with Crippen molar-refractivity contribution in [2.75, 3.05) is 39.4 Å². The van der Waals surface area contributed by atoms with Crippen molar-refractivity contribution in [3.8, 4) is 17.0 Å². The minimum absolute atomic E-state index is 0.121. The van der Waals surface area contributed by atoms with Crippen molar-refractivity contribution in [1.29, 1.82) is 0 Å². The number of aromatic hydroxyl groups is 1. The lowest BCUT2D eigenvalue weighted by atomic mass is 9.96. The minimum atomic E-state index is -0.157. The fourth-order valence-corrected chi connectivity index (χ4v) is 3.79. The van der Waals surface area contributed by atoms with Gasteiger partial charge in [0.2, 0.25) is 5.91 Å². The first kappa shape index (κ1) is 18.5. The second-order valence-electron chi connectivity index (χ2n) is 7.24. The number of hydrogen-bond donors (Lipinski definition) is 2.